The largest absolute Gasteiger partial charge is 0.297 e. The minimum Gasteiger partial charge on any atom is -0.297 e. The van der Waals surface area contributed by atoms with E-state index in [1.165, 1.54) is 0 Å². The molecule has 0 N–H and O–H groups in total. The van der Waals surface area contributed by atoms with Gasteiger partial charge in [-0.3, -0.25) is 19.4 Å². The van der Waals surface area contributed by atoms with Crippen LogP contribution in [0.15, 0.2) is 42.9 Å². The maximum absolute atomic E-state index is 12.6. The number of rotatable bonds is 4. The summed E-state index contributed by atoms with van der Waals surface area (Å²) in [6, 6.07) is 8.39. The fraction of sp³-hybridized carbons (Fsp3) is 0.350. The zero-order valence-corrected chi connectivity index (χ0v) is 14.6. The number of carbonyl (C=O) groups is 1. The Morgan fingerprint density at radius 2 is 2.04 bits per heavy atom. The molecule has 0 unspecified atom stereocenters. The van der Waals surface area contributed by atoms with Crippen molar-refractivity contribution in [2.45, 2.75) is 25.3 Å². The van der Waals surface area contributed by atoms with Crippen LogP contribution in [0.3, 0.4) is 0 Å². The number of hydrogen-bond acceptors (Lipinski definition) is 4. The maximum atomic E-state index is 12.6. The lowest BCUT2D eigenvalue weighted by molar-refractivity contribution is -0.122. The van der Waals surface area contributed by atoms with Crippen LogP contribution in [0.5, 0.6) is 0 Å². The van der Waals surface area contributed by atoms with Crippen LogP contribution in [0, 0.1) is 0 Å². The third kappa shape index (κ3) is 3.20. The molecule has 5 nitrogen and oxygen atoms in total. The number of ketones is 1. The van der Waals surface area contributed by atoms with E-state index in [1.807, 2.05) is 38.8 Å². The number of pyridine rings is 1. The van der Waals surface area contributed by atoms with Crippen LogP contribution >= 0.6 is 0 Å². The van der Waals surface area contributed by atoms with Crippen molar-refractivity contribution in [1.82, 2.24) is 19.7 Å². The summed E-state index contributed by atoms with van der Waals surface area (Å²) < 4.78 is 1.80. The SMILES string of the molecule is CN1CCC[C@@H]1C(=O)Cc1cc2cc(-c3cnn(C)c3)ccc2cn1. The molecule has 1 aliphatic heterocycles. The van der Waals surface area contributed by atoms with Crippen molar-refractivity contribution in [3.63, 3.8) is 0 Å². The molecule has 5 heteroatoms. The lowest BCUT2D eigenvalue weighted by atomic mass is 10.0. The van der Waals surface area contributed by atoms with Crippen molar-refractivity contribution < 1.29 is 4.79 Å². The van der Waals surface area contributed by atoms with E-state index in [4.69, 9.17) is 0 Å². The fourth-order valence-electron chi connectivity index (χ4n) is 3.65. The van der Waals surface area contributed by atoms with Gasteiger partial charge in [0.15, 0.2) is 5.78 Å². The predicted molar refractivity (Wildman–Crippen MR) is 98.3 cm³/mol. The van der Waals surface area contributed by atoms with E-state index >= 15 is 0 Å². The van der Waals surface area contributed by atoms with E-state index < -0.39 is 0 Å². The van der Waals surface area contributed by atoms with Gasteiger partial charge in [0.2, 0.25) is 0 Å². The van der Waals surface area contributed by atoms with Crippen LogP contribution in [0.2, 0.25) is 0 Å². The Morgan fingerprint density at radius 1 is 1.16 bits per heavy atom. The molecule has 1 aliphatic rings. The van der Waals surface area contributed by atoms with Gasteiger partial charge in [0.1, 0.15) is 0 Å². The van der Waals surface area contributed by atoms with Crippen molar-refractivity contribution in [3.05, 3.63) is 48.5 Å². The highest BCUT2D eigenvalue weighted by molar-refractivity contribution is 5.89. The van der Waals surface area contributed by atoms with Crippen LogP contribution in [-0.4, -0.2) is 45.1 Å². The van der Waals surface area contributed by atoms with Gasteiger partial charge in [-0.1, -0.05) is 12.1 Å². The summed E-state index contributed by atoms with van der Waals surface area (Å²) in [7, 11) is 3.95. The first kappa shape index (κ1) is 16.0. The topological polar surface area (TPSA) is 51.0 Å². The molecule has 1 fully saturated rings. The predicted octanol–water partition coefficient (Wildman–Crippen LogP) is 2.84. The molecule has 1 aromatic carbocycles. The van der Waals surface area contributed by atoms with Crippen molar-refractivity contribution in [2.24, 2.45) is 7.05 Å². The molecule has 128 valence electrons. The fourth-order valence-corrected chi connectivity index (χ4v) is 3.65. The molecule has 0 radical (unpaired) electrons. The number of nitrogens with zero attached hydrogens (tertiary/aromatic N) is 4. The average Bonchev–Trinajstić information content (AvgIpc) is 3.22. The first-order chi connectivity index (χ1) is 12.1. The first-order valence-corrected chi connectivity index (χ1v) is 8.71. The molecule has 3 heterocycles. The second-order valence-corrected chi connectivity index (χ2v) is 6.92. The van der Waals surface area contributed by atoms with Crippen molar-refractivity contribution in [3.8, 4) is 11.1 Å². The number of fused-ring (bicyclic) bond motifs is 1. The summed E-state index contributed by atoms with van der Waals surface area (Å²) in [5.41, 5.74) is 3.06. The third-order valence-corrected chi connectivity index (χ3v) is 5.06. The second kappa shape index (κ2) is 6.41. The van der Waals surface area contributed by atoms with E-state index in [0.717, 1.165) is 47.0 Å². The van der Waals surface area contributed by atoms with Crippen LogP contribution in [0.25, 0.3) is 21.9 Å². The molecule has 0 amide bonds. The molecule has 4 rings (SSSR count). The molecule has 0 aliphatic carbocycles. The Kier molecular flexibility index (Phi) is 4.09. The Bertz CT molecular complexity index is 930. The zero-order valence-electron chi connectivity index (χ0n) is 14.6. The molecular formula is C20H22N4O. The molecule has 0 spiro atoms. The van der Waals surface area contributed by atoms with Crippen molar-refractivity contribution in [1.29, 1.82) is 0 Å². The van der Waals surface area contributed by atoms with Crippen molar-refractivity contribution >= 4 is 16.6 Å². The molecular weight excluding hydrogens is 312 g/mol. The summed E-state index contributed by atoms with van der Waals surface area (Å²) in [5, 5.41) is 6.43. The Hall–Kier alpha value is -2.53. The third-order valence-electron chi connectivity index (χ3n) is 5.06. The number of hydrogen-bond donors (Lipinski definition) is 0. The number of likely N-dealkylation sites (N-methyl/N-ethyl adjacent to an activating group) is 1. The van der Waals surface area contributed by atoms with Gasteiger partial charge in [0.25, 0.3) is 0 Å². The van der Waals surface area contributed by atoms with Crippen LogP contribution in [0.4, 0.5) is 0 Å². The van der Waals surface area contributed by atoms with Crippen LogP contribution in [-0.2, 0) is 18.3 Å². The minimum absolute atomic E-state index is 0.0548. The number of Topliss-reactive ketones (excluding diaryl/α,β-unsaturated/α-hetero) is 1. The molecule has 0 saturated carbocycles. The number of carbonyl (C=O) groups excluding carboxylic acids is 1. The minimum atomic E-state index is 0.0548. The number of aromatic nitrogens is 3. The van der Waals surface area contributed by atoms with Gasteiger partial charge in [-0.05, 0) is 49.5 Å². The molecule has 0 bridgehead atoms. The van der Waals surface area contributed by atoms with Crippen molar-refractivity contribution in [2.75, 3.05) is 13.6 Å². The van der Waals surface area contributed by atoms with Crippen LogP contribution in [0.1, 0.15) is 18.5 Å². The lowest BCUT2D eigenvalue weighted by Gasteiger charge is -2.17. The van der Waals surface area contributed by atoms with Gasteiger partial charge in [0.05, 0.1) is 18.7 Å². The highest BCUT2D eigenvalue weighted by Gasteiger charge is 2.27. The summed E-state index contributed by atoms with van der Waals surface area (Å²) in [6.07, 6.45) is 8.21. The normalized spacial score (nSPS) is 18.1. The quantitative estimate of drug-likeness (QED) is 0.736. The smallest absolute Gasteiger partial charge is 0.155 e. The summed E-state index contributed by atoms with van der Waals surface area (Å²) in [4.78, 5) is 19.2. The van der Waals surface area contributed by atoms with Gasteiger partial charge in [-0.15, -0.1) is 0 Å². The van der Waals surface area contributed by atoms with E-state index in [1.54, 1.807) is 4.68 Å². The standard InChI is InChI=1S/C20H22N4O/c1-23-7-3-4-19(23)20(25)10-18-9-16-8-14(5-6-15(16)11-21-18)17-12-22-24(2)13-17/h5-6,8-9,11-13,19H,3-4,7,10H2,1-2H3/t19-/m1/s1. The molecule has 2 aromatic heterocycles. The zero-order chi connectivity index (χ0) is 17.4. The highest BCUT2D eigenvalue weighted by Crippen LogP contribution is 2.25. The molecule has 3 aromatic rings. The number of aryl methyl sites for hydroxylation is 1. The van der Waals surface area contributed by atoms with E-state index in [0.29, 0.717) is 6.42 Å². The molecule has 1 atom stereocenters. The average molecular weight is 334 g/mol. The number of benzene rings is 1. The van der Waals surface area contributed by atoms with Gasteiger partial charge in [-0.25, -0.2) is 0 Å². The number of likely N-dealkylation sites (tertiary alicyclic amines) is 1. The summed E-state index contributed by atoms with van der Waals surface area (Å²) in [6.45, 7) is 1.01. The Morgan fingerprint density at radius 3 is 2.76 bits per heavy atom. The Balaban J connectivity index is 1.61. The van der Waals surface area contributed by atoms with Crippen LogP contribution < -0.4 is 0 Å². The van der Waals surface area contributed by atoms with E-state index in [2.05, 4.69) is 33.2 Å². The second-order valence-electron chi connectivity index (χ2n) is 6.92. The van der Waals surface area contributed by atoms with Gasteiger partial charge in [0, 0.05) is 36.1 Å². The lowest BCUT2D eigenvalue weighted by Crippen LogP contribution is -2.34. The molecule has 1 saturated heterocycles. The van der Waals surface area contributed by atoms with Gasteiger partial charge in [-0.2, -0.15) is 5.10 Å². The summed E-state index contributed by atoms with van der Waals surface area (Å²) in [5.74, 6) is 0.273. The van der Waals surface area contributed by atoms with Gasteiger partial charge < -0.3 is 0 Å². The Labute approximate surface area is 147 Å². The van der Waals surface area contributed by atoms with E-state index in [9.17, 15) is 4.79 Å². The first-order valence-electron chi connectivity index (χ1n) is 8.71. The van der Waals surface area contributed by atoms with Gasteiger partial charge >= 0.3 is 0 Å². The maximum Gasteiger partial charge on any atom is 0.155 e. The highest BCUT2D eigenvalue weighted by atomic mass is 16.1. The summed E-state index contributed by atoms with van der Waals surface area (Å²) >= 11 is 0. The molecule has 25 heavy (non-hydrogen) atoms. The van der Waals surface area contributed by atoms with E-state index in [-0.39, 0.29) is 11.8 Å². The monoisotopic (exact) mass is 334 g/mol.